The molecule has 0 radical (unpaired) electrons. The fourth-order valence-electron chi connectivity index (χ4n) is 2.25. The topological polar surface area (TPSA) is 59.6 Å². The maximum absolute atomic E-state index is 12.1. The van der Waals surface area contributed by atoms with Gasteiger partial charge in [-0.2, -0.15) is 0 Å². The first-order valence-electron chi connectivity index (χ1n) is 7.13. The number of benzene rings is 1. The van der Waals surface area contributed by atoms with Crippen LogP contribution in [-0.4, -0.2) is 39.3 Å². The SMILES string of the molecule is COCCOc1ccc(NC(=O)C2CCCNC2)cc1Cl.Cl. The second kappa shape index (κ2) is 9.90. The highest BCUT2D eigenvalue weighted by Gasteiger charge is 2.21. The molecule has 0 aliphatic carbocycles. The van der Waals surface area contributed by atoms with Gasteiger partial charge in [0.1, 0.15) is 12.4 Å². The summed E-state index contributed by atoms with van der Waals surface area (Å²) in [5.41, 5.74) is 0.690. The van der Waals surface area contributed by atoms with E-state index < -0.39 is 0 Å². The largest absolute Gasteiger partial charge is 0.490 e. The molecule has 0 bridgehead atoms. The molecule has 5 nitrogen and oxygen atoms in total. The number of rotatable bonds is 6. The Morgan fingerprint density at radius 1 is 1.45 bits per heavy atom. The number of carbonyl (C=O) groups excluding carboxylic acids is 1. The van der Waals surface area contributed by atoms with Gasteiger partial charge in [0.15, 0.2) is 0 Å². The van der Waals surface area contributed by atoms with Crippen LogP contribution in [0.4, 0.5) is 5.69 Å². The molecule has 1 heterocycles. The highest BCUT2D eigenvalue weighted by Crippen LogP contribution is 2.28. The van der Waals surface area contributed by atoms with E-state index in [4.69, 9.17) is 21.1 Å². The molecular weight excluding hydrogens is 327 g/mol. The molecule has 1 aliphatic rings. The predicted octanol–water partition coefficient (Wildman–Crippen LogP) is 2.73. The summed E-state index contributed by atoms with van der Waals surface area (Å²) in [4.78, 5) is 12.1. The van der Waals surface area contributed by atoms with Crippen molar-refractivity contribution in [2.45, 2.75) is 12.8 Å². The Balaban J connectivity index is 0.00000242. The highest BCUT2D eigenvalue weighted by molar-refractivity contribution is 6.32. The Labute approximate surface area is 142 Å². The van der Waals surface area contributed by atoms with Gasteiger partial charge in [0.2, 0.25) is 5.91 Å². The number of ether oxygens (including phenoxy) is 2. The summed E-state index contributed by atoms with van der Waals surface area (Å²) in [5.74, 6) is 0.646. The third-order valence-corrected chi connectivity index (χ3v) is 3.71. The zero-order valence-electron chi connectivity index (χ0n) is 12.6. The molecule has 0 saturated carbocycles. The normalized spacial score (nSPS) is 17.5. The van der Waals surface area contributed by atoms with E-state index in [1.54, 1.807) is 25.3 Å². The number of piperidine rings is 1. The monoisotopic (exact) mass is 348 g/mol. The van der Waals surface area contributed by atoms with Gasteiger partial charge >= 0.3 is 0 Å². The van der Waals surface area contributed by atoms with Crippen LogP contribution in [-0.2, 0) is 9.53 Å². The first-order chi connectivity index (χ1) is 10.2. The molecule has 0 aromatic heterocycles. The van der Waals surface area contributed by atoms with Crippen molar-refractivity contribution in [3.63, 3.8) is 0 Å². The second-order valence-electron chi connectivity index (χ2n) is 5.02. The summed E-state index contributed by atoms with van der Waals surface area (Å²) in [6, 6.07) is 5.26. The van der Waals surface area contributed by atoms with Crippen molar-refractivity contribution < 1.29 is 14.3 Å². The van der Waals surface area contributed by atoms with Crippen LogP contribution in [0.15, 0.2) is 18.2 Å². The fourth-order valence-corrected chi connectivity index (χ4v) is 2.49. The van der Waals surface area contributed by atoms with Gasteiger partial charge in [-0.05, 0) is 37.6 Å². The molecule has 1 amide bonds. The average molecular weight is 349 g/mol. The Morgan fingerprint density at radius 2 is 2.27 bits per heavy atom. The van der Waals surface area contributed by atoms with Crippen LogP contribution in [0.25, 0.3) is 0 Å². The van der Waals surface area contributed by atoms with Gasteiger partial charge in [0, 0.05) is 19.3 Å². The van der Waals surface area contributed by atoms with Gasteiger partial charge < -0.3 is 20.1 Å². The van der Waals surface area contributed by atoms with Crippen LogP contribution in [0.3, 0.4) is 0 Å². The van der Waals surface area contributed by atoms with Gasteiger partial charge in [-0.1, -0.05) is 11.6 Å². The van der Waals surface area contributed by atoms with E-state index in [-0.39, 0.29) is 24.2 Å². The van der Waals surface area contributed by atoms with E-state index in [0.717, 1.165) is 25.9 Å². The van der Waals surface area contributed by atoms with Crippen molar-refractivity contribution in [3.05, 3.63) is 23.2 Å². The van der Waals surface area contributed by atoms with E-state index in [9.17, 15) is 4.79 Å². The van der Waals surface area contributed by atoms with Crippen molar-refractivity contribution in [1.82, 2.24) is 5.32 Å². The molecule has 2 rings (SSSR count). The zero-order chi connectivity index (χ0) is 15.1. The van der Waals surface area contributed by atoms with Crippen molar-refractivity contribution >= 4 is 35.6 Å². The minimum Gasteiger partial charge on any atom is -0.490 e. The van der Waals surface area contributed by atoms with Crippen LogP contribution in [0.5, 0.6) is 5.75 Å². The van der Waals surface area contributed by atoms with Crippen molar-refractivity contribution in [2.75, 3.05) is 38.7 Å². The molecule has 1 aromatic rings. The molecule has 2 N–H and O–H groups in total. The van der Waals surface area contributed by atoms with E-state index >= 15 is 0 Å². The van der Waals surface area contributed by atoms with Crippen molar-refractivity contribution in [2.24, 2.45) is 5.92 Å². The molecule has 1 aromatic carbocycles. The molecule has 0 spiro atoms. The number of nitrogens with one attached hydrogen (secondary N) is 2. The summed E-state index contributed by atoms with van der Waals surface area (Å²) >= 11 is 6.15. The van der Waals surface area contributed by atoms with Crippen LogP contribution in [0, 0.1) is 5.92 Å². The van der Waals surface area contributed by atoms with Crippen molar-refractivity contribution in [1.29, 1.82) is 0 Å². The lowest BCUT2D eigenvalue weighted by Gasteiger charge is -2.22. The Kier molecular flexibility index (Phi) is 8.56. The van der Waals surface area contributed by atoms with Gasteiger partial charge in [-0.15, -0.1) is 12.4 Å². The van der Waals surface area contributed by atoms with Crippen LogP contribution in [0.2, 0.25) is 5.02 Å². The number of methoxy groups -OCH3 is 1. The number of carbonyl (C=O) groups is 1. The number of amides is 1. The first-order valence-corrected chi connectivity index (χ1v) is 7.51. The number of hydrogen-bond donors (Lipinski definition) is 2. The Hall–Kier alpha value is -1.01. The molecule has 124 valence electrons. The van der Waals surface area contributed by atoms with Crippen LogP contribution in [0.1, 0.15) is 12.8 Å². The highest BCUT2D eigenvalue weighted by atomic mass is 35.5. The summed E-state index contributed by atoms with van der Waals surface area (Å²) in [7, 11) is 1.61. The maximum atomic E-state index is 12.1. The van der Waals surface area contributed by atoms with Gasteiger partial charge in [0.05, 0.1) is 17.5 Å². The van der Waals surface area contributed by atoms with Crippen molar-refractivity contribution in [3.8, 4) is 5.75 Å². The number of anilines is 1. The summed E-state index contributed by atoms with van der Waals surface area (Å²) < 4.78 is 10.4. The quantitative estimate of drug-likeness (QED) is 0.776. The lowest BCUT2D eigenvalue weighted by atomic mass is 9.99. The lowest BCUT2D eigenvalue weighted by Crippen LogP contribution is -2.37. The average Bonchev–Trinajstić information content (AvgIpc) is 2.50. The molecule has 1 aliphatic heterocycles. The first kappa shape index (κ1) is 19.0. The molecule has 7 heteroatoms. The smallest absolute Gasteiger partial charge is 0.228 e. The van der Waals surface area contributed by atoms with Crippen LogP contribution < -0.4 is 15.4 Å². The standard InChI is InChI=1S/C15H21ClN2O3.ClH/c1-20-7-8-21-14-5-4-12(9-13(14)16)18-15(19)11-3-2-6-17-10-11;/h4-5,9,11,17H,2-3,6-8,10H2,1H3,(H,18,19);1H. The predicted molar refractivity (Wildman–Crippen MR) is 90.3 cm³/mol. The molecule has 1 unspecified atom stereocenters. The van der Waals surface area contributed by atoms with Crippen LogP contribution >= 0.6 is 24.0 Å². The minimum atomic E-state index is 0. The van der Waals surface area contributed by atoms with Gasteiger partial charge in [-0.25, -0.2) is 0 Å². The zero-order valence-corrected chi connectivity index (χ0v) is 14.1. The number of hydrogen-bond acceptors (Lipinski definition) is 4. The summed E-state index contributed by atoms with van der Waals surface area (Å²) in [5, 5.41) is 6.61. The lowest BCUT2D eigenvalue weighted by molar-refractivity contribution is -0.120. The van der Waals surface area contributed by atoms with E-state index in [2.05, 4.69) is 10.6 Å². The van der Waals surface area contributed by atoms with E-state index in [1.165, 1.54) is 0 Å². The number of halogens is 2. The minimum absolute atomic E-state index is 0. The molecule has 22 heavy (non-hydrogen) atoms. The fraction of sp³-hybridized carbons (Fsp3) is 0.533. The maximum Gasteiger partial charge on any atom is 0.228 e. The Morgan fingerprint density at radius 3 is 2.91 bits per heavy atom. The summed E-state index contributed by atoms with van der Waals surface area (Å²) in [6.45, 7) is 2.67. The molecule has 1 atom stereocenters. The molecule has 1 fully saturated rings. The third kappa shape index (κ3) is 5.65. The summed E-state index contributed by atoms with van der Waals surface area (Å²) in [6.07, 6.45) is 1.95. The van der Waals surface area contributed by atoms with E-state index in [0.29, 0.717) is 29.7 Å². The third-order valence-electron chi connectivity index (χ3n) is 3.41. The van der Waals surface area contributed by atoms with Gasteiger partial charge in [-0.3, -0.25) is 4.79 Å². The second-order valence-corrected chi connectivity index (χ2v) is 5.43. The van der Waals surface area contributed by atoms with Gasteiger partial charge in [0.25, 0.3) is 0 Å². The van der Waals surface area contributed by atoms with E-state index in [1.807, 2.05) is 0 Å². The Bertz CT molecular complexity index is 480. The molecular formula is C15H22Cl2N2O3. The molecule has 1 saturated heterocycles.